The number of carbonyl (C=O) groups is 2. The van der Waals surface area contributed by atoms with Gasteiger partial charge in [-0.05, 0) is 49.4 Å². The minimum atomic E-state index is -0.841. The topological polar surface area (TPSA) is 63.6 Å². The normalized spacial score (nSPS) is 29.9. The molecule has 0 spiro atoms. The largest absolute Gasteiger partial charge is 0.481 e. The standard InChI is InChI=1S/C24H42O4/c1-5-9-17-12-14-18(15-13-17)21(16-24(3,4)6-2)28-23(27)20-11-8-7-10-19(20)22(25)26/h17-21H,5-16H2,1-4H3,(H,25,26). The van der Waals surface area contributed by atoms with Crippen LogP contribution in [0.2, 0.25) is 0 Å². The van der Waals surface area contributed by atoms with Crippen LogP contribution in [0.5, 0.6) is 0 Å². The fraction of sp³-hybridized carbons (Fsp3) is 0.917. The van der Waals surface area contributed by atoms with Crippen LogP contribution in [0, 0.1) is 29.1 Å². The molecule has 2 aliphatic rings. The number of hydrogen-bond donors (Lipinski definition) is 1. The molecule has 2 fully saturated rings. The quantitative estimate of drug-likeness (QED) is 0.471. The lowest BCUT2D eigenvalue weighted by atomic mass is 9.73. The Morgan fingerprint density at radius 3 is 2.14 bits per heavy atom. The summed E-state index contributed by atoms with van der Waals surface area (Å²) in [4.78, 5) is 24.6. The van der Waals surface area contributed by atoms with Crippen molar-refractivity contribution in [2.75, 3.05) is 0 Å². The minimum Gasteiger partial charge on any atom is -0.481 e. The number of carboxylic acid groups (broad SMARTS) is 1. The SMILES string of the molecule is CCCC1CCC(C(CC(C)(C)CC)OC(=O)C2CCCCC2C(=O)O)CC1. The molecule has 162 valence electrons. The Morgan fingerprint density at radius 1 is 1.00 bits per heavy atom. The van der Waals surface area contributed by atoms with Crippen LogP contribution < -0.4 is 0 Å². The van der Waals surface area contributed by atoms with Crippen LogP contribution >= 0.6 is 0 Å². The van der Waals surface area contributed by atoms with E-state index in [1.54, 1.807) is 0 Å². The molecule has 0 aromatic heterocycles. The molecule has 0 aromatic rings. The molecular formula is C24H42O4. The molecule has 3 atom stereocenters. The van der Waals surface area contributed by atoms with Crippen molar-refractivity contribution in [2.45, 2.75) is 111 Å². The Hall–Kier alpha value is -1.06. The van der Waals surface area contributed by atoms with E-state index in [0.717, 1.165) is 44.4 Å². The van der Waals surface area contributed by atoms with E-state index in [9.17, 15) is 14.7 Å². The molecule has 4 heteroatoms. The Bertz CT molecular complexity index is 505. The van der Waals surface area contributed by atoms with Crippen molar-refractivity contribution < 1.29 is 19.4 Å². The molecule has 2 rings (SSSR count). The van der Waals surface area contributed by atoms with Gasteiger partial charge >= 0.3 is 11.9 Å². The second-order valence-corrected chi connectivity index (χ2v) is 10.1. The molecule has 28 heavy (non-hydrogen) atoms. The molecule has 0 amide bonds. The van der Waals surface area contributed by atoms with Crippen molar-refractivity contribution in [3.63, 3.8) is 0 Å². The average molecular weight is 395 g/mol. The lowest BCUT2D eigenvalue weighted by Gasteiger charge is -2.38. The number of carboxylic acids is 1. The molecule has 0 heterocycles. The molecule has 0 radical (unpaired) electrons. The number of ether oxygens (including phenoxy) is 1. The second-order valence-electron chi connectivity index (χ2n) is 10.1. The first-order valence-corrected chi connectivity index (χ1v) is 11.7. The maximum atomic E-state index is 13.0. The van der Waals surface area contributed by atoms with E-state index < -0.39 is 17.8 Å². The lowest BCUT2D eigenvalue weighted by Crippen LogP contribution is -2.39. The zero-order chi connectivity index (χ0) is 20.7. The Labute approximate surface area is 171 Å². The van der Waals surface area contributed by atoms with Gasteiger partial charge < -0.3 is 9.84 Å². The summed E-state index contributed by atoms with van der Waals surface area (Å²) in [5.74, 6) is -0.871. The van der Waals surface area contributed by atoms with E-state index >= 15 is 0 Å². The van der Waals surface area contributed by atoms with Crippen molar-refractivity contribution in [3.8, 4) is 0 Å². The first kappa shape index (κ1) is 23.2. The van der Waals surface area contributed by atoms with E-state index in [-0.39, 0.29) is 17.5 Å². The predicted octanol–water partition coefficient (Wildman–Crippen LogP) is 6.22. The molecule has 0 bridgehead atoms. The van der Waals surface area contributed by atoms with Crippen LogP contribution in [0.1, 0.15) is 105 Å². The molecule has 2 saturated carbocycles. The number of rotatable bonds is 9. The van der Waals surface area contributed by atoms with Gasteiger partial charge in [-0.1, -0.05) is 72.6 Å². The Balaban J connectivity index is 2.06. The molecule has 2 aliphatic carbocycles. The number of esters is 1. The molecule has 4 nitrogen and oxygen atoms in total. The van der Waals surface area contributed by atoms with Crippen molar-refractivity contribution in [1.29, 1.82) is 0 Å². The first-order chi connectivity index (χ1) is 13.3. The maximum Gasteiger partial charge on any atom is 0.310 e. The van der Waals surface area contributed by atoms with Gasteiger partial charge in [-0.25, -0.2) is 0 Å². The third-order valence-corrected chi connectivity index (χ3v) is 7.48. The van der Waals surface area contributed by atoms with Crippen molar-refractivity contribution in [2.24, 2.45) is 29.1 Å². The zero-order valence-electron chi connectivity index (χ0n) is 18.5. The summed E-state index contributed by atoms with van der Waals surface area (Å²) in [6, 6.07) is 0. The molecule has 3 unspecified atom stereocenters. The second kappa shape index (κ2) is 10.6. The van der Waals surface area contributed by atoms with Gasteiger partial charge in [0.15, 0.2) is 0 Å². The molecule has 1 N–H and O–H groups in total. The molecule has 0 aromatic carbocycles. The summed E-state index contributed by atoms with van der Waals surface area (Å²) in [6.45, 7) is 8.94. The summed E-state index contributed by atoms with van der Waals surface area (Å²) in [5, 5.41) is 9.54. The lowest BCUT2D eigenvalue weighted by molar-refractivity contribution is -0.168. The van der Waals surface area contributed by atoms with E-state index in [2.05, 4.69) is 27.7 Å². The van der Waals surface area contributed by atoms with E-state index in [0.29, 0.717) is 18.8 Å². The highest BCUT2D eigenvalue weighted by Gasteiger charge is 2.40. The fourth-order valence-corrected chi connectivity index (χ4v) is 5.20. The number of hydrogen-bond acceptors (Lipinski definition) is 3. The predicted molar refractivity (Wildman–Crippen MR) is 112 cm³/mol. The van der Waals surface area contributed by atoms with Gasteiger partial charge in [-0.15, -0.1) is 0 Å². The third kappa shape index (κ3) is 6.49. The van der Waals surface area contributed by atoms with Crippen molar-refractivity contribution in [1.82, 2.24) is 0 Å². The highest BCUT2D eigenvalue weighted by atomic mass is 16.5. The third-order valence-electron chi connectivity index (χ3n) is 7.48. The maximum absolute atomic E-state index is 13.0. The summed E-state index contributed by atoms with van der Waals surface area (Å²) < 4.78 is 6.14. The fourth-order valence-electron chi connectivity index (χ4n) is 5.20. The van der Waals surface area contributed by atoms with E-state index in [1.807, 2.05) is 0 Å². The van der Waals surface area contributed by atoms with Crippen LogP contribution in [0.15, 0.2) is 0 Å². The van der Waals surface area contributed by atoms with Crippen molar-refractivity contribution in [3.05, 3.63) is 0 Å². The Morgan fingerprint density at radius 2 is 1.61 bits per heavy atom. The van der Waals surface area contributed by atoms with Gasteiger partial charge in [-0.3, -0.25) is 9.59 Å². The summed E-state index contributed by atoms with van der Waals surface area (Å²) in [6.07, 6.45) is 12.2. The van der Waals surface area contributed by atoms with Gasteiger partial charge in [0, 0.05) is 0 Å². The van der Waals surface area contributed by atoms with Crippen LogP contribution in [0.25, 0.3) is 0 Å². The van der Waals surface area contributed by atoms with E-state index in [4.69, 9.17) is 4.74 Å². The van der Waals surface area contributed by atoms with Crippen molar-refractivity contribution >= 4 is 11.9 Å². The molecule has 0 aliphatic heterocycles. The number of aliphatic carboxylic acids is 1. The molecule has 0 saturated heterocycles. The summed E-state index contributed by atoms with van der Waals surface area (Å²) in [5.41, 5.74) is 0.129. The van der Waals surface area contributed by atoms with Gasteiger partial charge in [0.2, 0.25) is 0 Å². The first-order valence-electron chi connectivity index (χ1n) is 11.7. The van der Waals surface area contributed by atoms with E-state index in [1.165, 1.54) is 25.7 Å². The summed E-state index contributed by atoms with van der Waals surface area (Å²) in [7, 11) is 0. The monoisotopic (exact) mass is 394 g/mol. The molecular weight excluding hydrogens is 352 g/mol. The van der Waals surface area contributed by atoms with Crippen LogP contribution in [0.3, 0.4) is 0 Å². The smallest absolute Gasteiger partial charge is 0.310 e. The number of carbonyl (C=O) groups excluding carboxylic acids is 1. The van der Waals surface area contributed by atoms with Gasteiger partial charge in [0.25, 0.3) is 0 Å². The average Bonchev–Trinajstić information content (AvgIpc) is 2.68. The van der Waals surface area contributed by atoms with Gasteiger partial charge in [0.05, 0.1) is 11.8 Å². The van der Waals surface area contributed by atoms with Crippen LogP contribution in [0.4, 0.5) is 0 Å². The van der Waals surface area contributed by atoms with Gasteiger partial charge in [0.1, 0.15) is 6.10 Å². The minimum absolute atomic E-state index is 0.0682. The highest BCUT2D eigenvalue weighted by Crippen LogP contribution is 2.40. The Kier molecular flexibility index (Phi) is 8.82. The van der Waals surface area contributed by atoms with Crippen LogP contribution in [-0.2, 0) is 14.3 Å². The van der Waals surface area contributed by atoms with Gasteiger partial charge in [-0.2, -0.15) is 0 Å². The highest BCUT2D eigenvalue weighted by molar-refractivity contribution is 5.81. The zero-order valence-corrected chi connectivity index (χ0v) is 18.5. The summed E-state index contributed by atoms with van der Waals surface area (Å²) >= 11 is 0. The van der Waals surface area contributed by atoms with Crippen LogP contribution in [-0.4, -0.2) is 23.1 Å².